The van der Waals surface area contributed by atoms with Gasteiger partial charge in [-0.15, -0.1) is 11.3 Å². The van der Waals surface area contributed by atoms with E-state index >= 15 is 0 Å². The highest BCUT2D eigenvalue weighted by Crippen LogP contribution is 2.30. The molecule has 0 saturated carbocycles. The number of nitrogens with zero attached hydrogens (tertiary/aromatic N) is 3. The summed E-state index contributed by atoms with van der Waals surface area (Å²) in [5, 5.41) is 1.59. The number of aromatic nitrogens is 1. The number of carbonyl (C=O) groups excluding carboxylic acids is 1. The molecule has 2 aliphatic rings. The molecule has 2 fully saturated rings. The molecule has 0 radical (unpaired) electrons. The molecule has 0 N–H and O–H groups in total. The Labute approximate surface area is 176 Å². The zero-order valence-corrected chi connectivity index (χ0v) is 18.1. The number of thiazole rings is 1. The standard InChI is InChI=1S/C22H28ClN3OS/c1-16-20(28-21(24-16)17-6-8-18(23)9-7-17)22(27)26-14-10-19(11-15-26)25-12-4-2-3-5-13-25/h6-9,19H,2-5,10-15H2,1H3. The molecular formula is C22H28ClN3OS. The van der Waals surface area contributed by atoms with E-state index in [2.05, 4.69) is 9.88 Å². The van der Waals surface area contributed by atoms with Crippen molar-refractivity contribution >= 4 is 28.8 Å². The number of likely N-dealkylation sites (tertiary alicyclic amines) is 2. The maximum atomic E-state index is 13.1. The molecule has 3 heterocycles. The van der Waals surface area contributed by atoms with Crippen molar-refractivity contribution in [1.29, 1.82) is 0 Å². The highest BCUT2D eigenvalue weighted by molar-refractivity contribution is 7.17. The molecule has 150 valence electrons. The van der Waals surface area contributed by atoms with Crippen LogP contribution in [0.5, 0.6) is 0 Å². The van der Waals surface area contributed by atoms with Gasteiger partial charge in [0.05, 0.1) is 5.69 Å². The summed E-state index contributed by atoms with van der Waals surface area (Å²) in [6.07, 6.45) is 7.57. The van der Waals surface area contributed by atoms with Gasteiger partial charge in [0.15, 0.2) is 0 Å². The minimum atomic E-state index is 0.143. The Bertz CT molecular complexity index is 804. The lowest BCUT2D eigenvalue weighted by Gasteiger charge is -2.38. The summed E-state index contributed by atoms with van der Waals surface area (Å²) >= 11 is 7.48. The molecule has 6 heteroatoms. The predicted molar refractivity (Wildman–Crippen MR) is 116 cm³/mol. The number of rotatable bonds is 3. The normalized spacial score (nSPS) is 19.6. The average Bonchev–Trinajstić information content (AvgIpc) is 2.92. The van der Waals surface area contributed by atoms with Gasteiger partial charge in [0, 0.05) is 29.7 Å². The molecule has 2 aliphatic heterocycles. The summed E-state index contributed by atoms with van der Waals surface area (Å²) in [6, 6.07) is 8.29. The minimum Gasteiger partial charge on any atom is -0.338 e. The van der Waals surface area contributed by atoms with Crippen molar-refractivity contribution in [2.24, 2.45) is 0 Å². The van der Waals surface area contributed by atoms with Gasteiger partial charge in [0.25, 0.3) is 5.91 Å². The summed E-state index contributed by atoms with van der Waals surface area (Å²) in [4.78, 5) is 23.2. The van der Waals surface area contributed by atoms with E-state index in [4.69, 9.17) is 11.6 Å². The van der Waals surface area contributed by atoms with Crippen LogP contribution in [-0.4, -0.2) is 52.9 Å². The summed E-state index contributed by atoms with van der Waals surface area (Å²) in [5.74, 6) is 0.143. The van der Waals surface area contributed by atoms with Crippen LogP contribution in [-0.2, 0) is 0 Å². The van der Waals surface area contributed by atoms with Gasteiger partial charge in [-0.25, -0.2) is 4.98 Å². The molecule has 2 saturated heterocycles. The Morgan fingerprint density at radius 1 is 1.04 bits per heavy atom. The van der Waals surface area contributed by atoms with Crippen LogP contribution in [0.25, 0.3) is 10.6 Å². The van der Waals surface area contributed by atoms with Gasteiger partial charge < -0.3 is 9.80 Å². The molecule has 1 amide bonds. The highest BCUT2D eigenvalue weighted by Gasteiger charge is 2.29. The van der Waals surface area contributed by atoms with Crippen LogP contribution in [0.4, 0.5) is 0 Å². The summed E-state index contributed by atoms with van der Waals surface area (Å²) in [7, 11) is 0. The Kier molecular flexibility index (Phi) is 6.34. The number of amides is 1. The molecule has 4 rings (SSSR count). The van der Waals surface area contributed by atoms with Crippen LogP contribution in [0, 0.1) is 6.92 Å². The zero-order valence-electron chi connectivity index (χ0n) is 16.5. The second-order valence-electron chi connectivity index (χ2n) is 7.91. The van der Waals surface area contributed by atoms with E-state index < -0.39 is 0 Å². The smallest absolute Gasteiger partial charge is 0.265 e. The van der Waals surface area contributed by atoms with E-state index in [1.165, 1.54) is 50.1 Å². The second kappa shape index (κ2) is 8.93. The van der Waals surface area contributed by atoms with Gasteiger partial charge in [-0.2, -0.15) is 0 Å². The Hall–Kier alpha value is -1.43. The monoisotopic (exact) mass is 417 g/mol. The molecule has 4 nitrogen and oxygen atoms in total. The van der Waals surface area contributed by atoms with Gasteiger partial charge in [0.2, 0.25) is 0 Å². The van der Waals surface area contributed by atoms with E-state index in [-0.39, 0.29) is 5.91 Å². The Morgan fingerprint density at radius 3 is 2.32 bits per heavy atom. The summed E-state index contributed by atoms with van der Waals surface area (Å²) in [5.41, 5.74) is 1.84. The quantitative estimate of drug-likeness (QED) is 0.684. The van der Waals surface area contributed by atoms with Crippen LogP contribution in [0.1, 0.15) is 53.9 Å². The third-order valence-corrected chi connectivity index (χ3v) is 7.44. The summed E-state index contributed by atoms with van der Waals surface area (Å²) in [6.45, 7) is 6.11. The third kappa shape index (κ3) is 4.42. The number of carbonyl (C=O) groups is 1. The number of piperidine rings is 1. The number of halogens is 1. The molecule has 1 aromatic heterocycles. The molecule has 0 bridgehead atoms. The number of hydrogen-bond acceptors (Lipinski definition) is 4. The second-order valence-corrected chi connectivity index (χ2v) is 9.35. The lowest BCUT2D eigenvalue weighted by Crippen LogP contribution is -2.47. The molecule has 0 spiro atoms. The zero-order chi connectivity index (χ0) is 19.5. The number of aryl methyl sites for hydroxylation is 1. The maximum absolute atomic E-state index is 13.1. The fourth-order valence-electron chi connectivity index (χ4n) is 4.35. The molecule has 2 aromatic rings. The van der Waals surface area contributed by atoms with E-state index in [9.17, 15) is 4.79 Å². The van der Waals surface area contributed by atoms with Crippen LogP contribution < -0.4 is 0 Å². The van der Waals surface area contributed by atoms with Gasteiger partial charge in [-0.1, -0.05) is 36.6 Å². The van der Waals surface area contributed by atoms with E-state index in [0.29, 0.717) is 11.1 Å². The van der Waals surface area contributed by atoms with Gasteiger partial charge in [-0.3, -0.25) is 4.79 Å². The fraction of sp³-hybridized carbons (Fsp3) is 0.545. The van der Waals surface area contributed by atoms with Crippen LogP contribution in [0.2, 0.25) is 5.02 Å². The lowest BCUT2D eigenvalue weighted by atomic mass is 10.0. The van der Waals surface area contributed by atoms with E-state index in [1.54, 1.807) is 0 Å². The third-order valence-electron chi connectivity index (χ3n) is 5.99. The molecule has 1 aromatic carbocycles. The fourth-order valence-corrected chi connectivity index (χ4v) is 5.51. The van der Waals surface area contributed by atoms with Gasteiger partial charge in [-0.05, 0) is 57.8 Å². The number of hydrogen-bond donors (Lipinski definition) is 0. The van der Waals surface area contributed by atoms with Gasteiger partial charge in [0.1, 0.15) is 9.88 Å². The Morgan fingerprint density at radius 2 is 1.68 bits per heavy atom. The number of benzene rings is 1. The predicted octanol–water partition coefficient (Wildman–Crippen LogP) is 5.25. The highest BCUT2D eigenvalue weighted by atomic mass is 35.5. The van der Waals surface area contributed by atoms with Crippen molar-refractivity contribution in [3.63, 3.8) is 0 Å². The van der Waals surface area contributed by atoms with Crippen molar-refractivity contribution in [3.8, 4) is 10.6 Å². The van der Waals surface area contributed by atoms with Crippen molar-refractivity contribution < 1.29 is 4.79 Å². The van der Waals surface area contributed by atoms with Crippen LogP contribution in [0.3, 0.4) is 0 Å². The first-order valence-electron chi connectivity index (χ1n) is 10.4. The summed E-state index contributed by atoms with van der Waals surface area (Å²) < 4.78 is 0. The van der Waals surface area contributed by atoms with Crippen molar-refractivity contribution in [2.75, 3.05) is 26.2 Å². The van der Waals surface area contributed by atoms with Gasteiger partial charge >= 0.3 is 0 Å². The minimum absolute atomic E-state index is 0.143. The van der Waals surface area contributed by atoms with E-state index in [0.717, 1.165) is 47.1 Å². The molecule has 0 unspecified atom stereocenters. The lowest BCUT2D eigenvalue weighted by molar-refractivity contribution is 0.0626. The molecule has 28 heavy (non-hydrogen) atoms. The first kappa shape index (κ1) is 19.9. The van der Waals surface area contributed by atoms with Crippen LogP contribution in [0.15, 0.2) is 24.3 Å². The maximum Gasteiger partial charge on any atom is 0.265 e. The first-order chi connectivity index (χ1) is 13.6. The largest absolute Gasteiger partial charge is 0.338 e. The first-order valence-corrected chi connectivity index (χ1v) is 11.6. The molecule has 0 atom stereocenters. The Balaban J connectivity index is 1.40. The van der Waals surface area contributed by atoms with Crippen molar-refractivity contribution in [1.82, 2.24) is 14.8 Å². The molecular weight excluding hydrogens is 390 g/mol. The topological polar surface area (TPSA) is 36.4 Å². The molecule has 0 aliphatic carbocycles. The SMILES string of the molecule is Cc1nc(-c2ccc(Cl)cc2)sc1C(=O)N1CCC(N2CCCCCC2)CC1. The van der Waals surface area contributed by atoms with Crippen LogP contribution >= 0.6 is 22.9 Å². The average molecular weight is 418 g/mol. The van der Waals surface area contributed by atoms with Crippen molar-refractivity contribution in [3.05, 3.63) is 39.9 Å². The van der Waals surface area contributed by atoms with E-state index in [1.807, 2.05) is 36.1 Å². The van der Waals surface area contributed by atoms with Crippen molar-refractivity contribution in [2.45, 2.75) is 51.5 Å².